The molecule has 1 aromatic carbocycles. The molecule has 1 aliphatic heterocycles. The van der Waals surface area contributed by atoms with Gasteiger partial charge in [0.2, 0.25) is 0 Å². The molecule has 1 fully saturated rings. The van der Waals surface area contributed by atoms with E-state index in [0.717, 1.165) is 25.1 Å². The van der Waals surface area contributed by atoms with E-state index in [9.17, 15) is 18.7 Å². The molecule has 3 rings (SSSR count). The van der Waals surface area contributed by atoms with Crippen molar-refractivity contribution in [2.24, 2.45) is 4.99 Å². The number of aliphatic hydroxyl groups excluding tert-OH is 1. The van der Waals surface area contributed by atoms with Gasteiger partial charge in [0, 0.05) is 11.1 Å². The summed E-state index contributed by atoms with van der Waals surface area (Å²) in [6.07, 6.45) is 2.78. The van der Waals surface area contributed by atoms with Gasteiger partial charge < -0.3 is 10.2 Å². The maximum absolute atomic E-state index is 13.9. The van der Waals surface area contributed by atoms with Gasteiger partial charge in [-0.15, -0.1) is 0 Å². The first kappa shape index (κ1) is 16.3. The van der Waals surface area contributed by atoms with Gasteiger partial charge in [-0.1, -0.05) is 12.1 Å². The van der Waals surface area contributed by atoms with Crippen molar-refractivity contribution in [1.82, 2.24) is 0 Å². The molecule has 0 amide bonds. The highest BCUT2D eigenvalue weighted by atomic mass is 19.1. The Morgan fingerprint density at radius 3 is 2.50 bits per heavy atom. The fourth-order valence-electron chi connectivity index (χ4n) is 1.95. The van der Waals surface area contributed by atoms with E-state index in [-0.39, 0.29) is 23.0 Å². The standard InChI is InChI=1S/C13H11F2NO2.C3H6O/c1-13(12(15)5-9(14)6-16-13)10-3-2-8(7-17)4-11(10)18;4-3-1-2-3/h2-7,12,18H,1H3;3-4H,1-2H2. The van der Waals surface area contributed by atoms with Gasteiger partial charge in [0.15, 0.2) is 6.17 Å². The van der Waals surface area contributed by atoms with Crippen LogP contribution < -0.4 is 0 Å². The van der Waals surface area contributed by atoms with Gasteiger partial charge >= 0.3 is 0 Å². The van der Waals surface area contributed by atoms with E-state index in [2.05, 4.69) is 4.99 Å². The minimum Gasteiger partial charge on any atom is -0.508 e. The number of rotatable bonds is 2. The van der Waals surface area contributed by atoms with Crippen LogP contribution >= 0.6 is 0 Å². The van der Waals surface area contributed by atoms with Crippen LogP contribution in [-0.4, -0.2) is 35.0 Å². The quantitative estimate of drug-likeness (QED) is 0.825. The Balaban J connectivity index is 0.000000381. The Morgan fingerprint density at radius 2 is 2.05 bits per heavy atom. The fraction of sp³-hybridized carbons (Fsp3) is 0.375. The number of phenols is 1. The van der Waals surface area contributed by atoms with Gasteiger partial charge in [0.25, 0.3) is 0 Å². The van der Waals surface area contributed by atoms with Gasteiger partial charge in [0.05, 0.1) is 12.3 Å². The third-order valence-corrected chi connectivity index (χ3v) is 3.55. The third-order valence-electron chi connectivity index (χ3n) is 3.55. The van der Waals surface area contributed by atoms with E-state index in [1.807, 2.05) is 0 Å². The maximum Gasteiger partial charge on any atom is 0.150 e. The Labute approximate surface area is 126 Å². The van der Waals surface area contributed by atoms with E-state index >= 15 is 0 Å². The second-order valence-corrected chi connectivity index (χ2v) is 5.48. The minimum absolute atomic E-state index is 0.0833. The summed E-state index contributed by atoms with van der Waals surface area (Å²) in [7, 11) is 0. The van der Waals surface area contributed by atoms with Crippen LogP contribution in [0.15, 0.2) is 35.1 Å². The van der Waals surface area contributed by atoms with Crippen molar-refractivity contribution in [2.75, 3.05) is 0 Å². The van der Waals surface area contributed by atoms with Crippen LogP contribution in [0.25, 0.3) is 0 Å². The zero-order valence-electron chi connectivity index (χ0n) is 12.0. The molecular formula is C16H17F2NO3. The van der Waals surface area contributed by atoms with Gasteiger partial charge in [-0.3, -0.25) is 9.79 Å². The lowest BCUT2D eigenvalue weighted by atomic mass is 9.85. The Bertz CT molecular complexity index is 626. The summed E-state index contributed by atoms with van der Waals surface area (Å²) in [5, 5.41) is 18.0. The number of nitrogens with zero attached hydrogens (tertiary/aromatic N) is 1. The highest BCUT2D eigenvalue weighted by Gasteiger charge is 2.39. The number of carbonyl (C=O) groups excluding carboxylic acids is 1. The first-order valence-electron chi connectivity index (χ1n) is 6.90. The summed E-state index contributed by atoms with van der Waals surface area (Å²) in [4.78, 5) is 14.4. The predicted octanol–water partition coefficient (Wildman–Crippen LogP) is 2.84. The smallest absolute Gasteiger partial charge is 0.150 e. The van der Waals surface area contributed by atoms with Gasteiger partial charge in [0.1, 0.15) is 23.4 Å². The molecule has 1 heterocycles. The predicted molar refractivity (Wildman–Crippen MR) is 78.7 cm³/mol. The molecule has 0 saturated heterocycles. The molecular weight excluding hydrogens is 292 g/mol. The number of aldehydes is 1. The van der Waals surface area contributed by atoms with Gasteiger partial charge in [-0.05, 0) is 31.9 Å². The number of carbonyl (C=O) groups is 1. The number of hydrogen-bond donors (Lipinski definition) is 2. The molecule has 1 saturated carbocycles. The SMILES string of the molecule is CC1(c2ccc(C=O)cc2O)N=CC(F)=CC1F.OC1CC1. The molecule has 6 heteroatoms. The normalized spacial score (nSPS) is 26.7. The van der Waals surface area contributed by atoms with Crippen LogP contribution in [0.5, 0.6) is 5.75 Å². The van der Waals surface area contributed by atoms with E-state index < -0.39 is 17.5 Å². The number of aliphatic imine (C=N–C) groups is 1. The van der Waals surface area contributed by atoms with Crippen LogP contribution in [0.2, 0.25) is 0 Å². The monoisotopic (exact) mass is 309 g/mol. The number of aliphatic hydroxyl groups is 1. The van der Waals surface area contributed by atoms with Crippen molar-refractivity contribution in [3.8, 4) is 5.75 Å². The summed E-state index contributed by atoms with van der Waals surface area (Å²) in [6.45, 7) is 1.45. The molecule has 2 aliphatic rings. The lowest BCUT2D eigenvalue weighted by Crippen LogP contribution is -2.33. The van der Waals surface area contributed by atoms with Crippen LogP contribution in [0.1, 0.15) is 35.7 Å². The molecule has 2 unspecified atom stereocenters. The number of alkyl halides is 1. The van der Waals surface area contributed by atoms with E-state index in [1.165, 1.54) is 25.1 Å². The lowest BCUT2D eigenvalue weighted by molar-refractivity contribution is 0.112. The minimum atomic E-state index is -1.68. The lowest BCUT2D eigenvalue weighted by Gasteiger charge is -2.30. The number of halogens is 2. The van der Waals surface area contributed by atoms with Crippen molar-refractivity contribution in [2.45, 2.75) is 37.6 Å². The molecule has 1 aromatic rings. The Morgan fingerprint density at radius 1 is 1.41 bits per heavy atom. The number of hydrogen-bond acceptors (Lipinski definition) is 4. The topological polar surface area (TPSA) is 69.9 Å². The zero-order chi connectivity index (χ0) is 16.3. The largest absolute Gasteiger partial charge is 0.508 e. The molecule has 2 N–H and O–H groups in total. The van der Waals surface area contributed by atoms with E-state index in [1.54, 1.807) is 0 Å². The van der Waals surface area contributed by atoms with Crippen LogP contribution in [0.3, 0.4) is 0 Å². The first-order chi connectivity index (χ1) is 10.4. The second kappa shape index (κ2) is 6.36. The second-order valence-electron chi connectivity index (χ2n) is 5.48. The molecule has 0 bridgehead atoms. The molecule has 4 nitrogen and oxygen atoms in total. The molecule has 22 heavy (non-hydrogen) atoms. The van der Waals surface area contributed by atoms with E-state index in [0.29, 0.717) is 6.29 Å². The number of phenolic OH excluding ortho intramolecular Hbond substituents is 1. The molecule has 1 aliphatic carbocycles. The van der Waals surface area contributed by atoms with Crippen molar-refractivity contribution < 1.29 is 23.8 Å². The average Bonchev–Trinajstić information content (AvgIpc) is 3.26. The average molecular weight is 309 g/mol. The van der Waals surface area contributed by atoms with Crippen LogP contribution in [0, 0.1) is 0 Å². The summed E-state index contributed by atoms with van der Waals surface area (Å²) < 4.78 is 26.8. The Kier molecular flexibility index (Phi) is 4.71. The van der Waals surface area contributed by atoms with Crippen molar-refractivity contribution in [3.05, 3.63) is 41.2 Å². The van der Waals surface area contributed by atoms with Crippen LogP contribution in [0.4, 0.5) is 8.78 Å². The Hall–Kier alpha value is -2.08. The number of allylic oxidation sites excluding steroid dienone is 1. The molecule has 0 spiro atoms. The van der Waals surface area contributed by atoms with Gasteiger partial charge in [-0.2, -0.15) is 0 Å². The van der Waals surface area contributed by atoms with Crippen molar-refractivity contribution >= 4 is 12.5 Å². The summed E-state index contributed by atoms with van der Waals surface area (Å²) >= 11 is 0. The van der Waals surface area contributed by atoms with Crippen LogP contribution in [-0.2, 0) is 5.54 Å². The van der Waals surface area contributed by atoms with E-state index in [4.69, 9.17) is 5.11 Å². The zero-order valence-corrected chi connectivity index (χ0v) is 12.0. The highest BCUT2D eigenvalue weighted by molar-refractivity contribution is 5.79. The summed E-state index contributed by atoms with van der Waals surface area (Å²) in [5.41, 5.74) is -0.904. The summed E-state index contributed by atoms with van der Waals surface area (Å²) in [6, 6.07) is 4.09. The molecule has 118 valence electrons. The number of dihydropyridines is 1. The number of benzene rings is 1. The molecule has 0 radical (unpaired) electrons. The van der Waals surface area contributed by atoms with Crippen molar-refractivity contribution in [3.63, 3.8) is 0 Å². The number of aromatic hydroxyl groups is 1. The first-order valence-corrected chi connectivity index (χ1v) is 6.90. The molecule has 0 aromatic heterocycles. The summed E-state index contributed by atoms with van der Waals surface area (Å²) in [5.74, 6) is -0.985. The maximum atomic E-state index is 13.9. The van der Waals surface area contributed by atoms with Crippen molar-refractivity contribution in [1.29, 1.82) is 0 Å². The highest BCUT2D eigenvalue weighted by Crippen LogP contribution is 2.39. The third kappa shape index (κ3) is 3.57. The fourth-order valence-corrected chi connectivity index (χ4v) is 1.95. The van der Waals surface area contributed by atoms with Gasteiger partial charge in [-0.25, -0.2) is 8.78 Å². The molecule has 2 atom stereocenters.